The monoisotopic (exact) mass is 370 g/mol. The van der Waals surface area contributed by atoms with Crippen molar-refractivity contribution in [3.05, 3.63) is 108 Å². The molecule has 1 amide bonds. The van der Waals surface area contributed by atoms with Crippen molar-refractivity contribution in [3.63, 3.8) is 0 Å². The molecule has 3 nitrogen and oxygen atoms in total. The number of hydrogen-bond donors (Lipinski definition) is 1. The number of nitrogens with zero attached hydrogens (tertiary/aromatic N) is 1. The van der Waals surface area contributed by atoms with E-state index < -0.39 is 0 Å². The number of hydrogen-bond acceptors (Lipinski definition) is 2. The van der Waals surface area contributed by atoms with Gasteiger partial charge in [-0.15, -0.1) is 0 Å². The fourth-order valence-electron chi connectivity index (χ4n) is 3.07. The lowest BCUT2D eigenvalue weighted by atomic mass is 10.0. The number of rotatable bonds is 9. The summed E-state index contributed by atoms with van der Waals surface area (Å²) in [6, 6.07) is 30.4. The molecule has 0 atom stereocenters. The molecule has 3 aromatic rings. The van der Waals surface area contributed by atoms with Gasteiger partial charge in [0.25, 0.3) is 0 Å². The maximum Gasteiger partial charge on any atom is 0.241 e. The van der Waals surface area contributed by atoms with Crippen LogP contribution in [0, 0.1) is 0 Å². The topological polar surface area (TPSA) is 41.5 Å². The van der Waals surface area contributed by atoms with Crippen LogP contribution in [0.4, 0.5) is 0 Å². The predicted molar refractivity (Wildman–Crippen MR) is 116 cm³/mol. The zero-order chi connectivity index (χ0) is 19.4. The second kappa shape index (κ2) is 10.8. The highest BCUT2D eigenvalue weighted by Gasteiger charge is 2.07. The third-order valence-corrected chi connectivity index (χ3v) is 4.53. The minimum atomic E-state index is -0.0379. The summed E-state index contributed by atoms with van der Waals surface area (Å²) in [5.74, 6) is -0.0379. The molecule has 0 saturated carbocycles. The van der Waals surface area contributed by atoms with Gasteiger partial charge in [0.05, 0.1) is 5.71 Å². The van der Waals surface area contributed by atoms with E-state index >= 15 is 0 Å². The van der Waals surface area contributed by atoms with Gasteiger partial charge in [-0.05, 0) is 24.8 Å². The second-order valence-electron chi connectivity index (χ2n) is 6.69. The van der Waals surface area contributed by atoms with Crippen molar-refractivity contribution in [2.45, 2.75) is 19.3 Å². The molecule has 0 saturated heterocycles. The Morgan fingerprint density at radius 3 is 1.82 bits per heavy atom. The molecule has 1 N–H and O–H groups in total. The maximum absolute atomic E-state index is 12.2. The molecule has 142 valence electrons. The second-order valence-corrected chi connectivity index (χ2v) is 6.69. The Labute approximate surface area is 167 Å². The highest BCUT2D eigenvalue weighted by molar-refractivity contribution is 6.13. The lowest BCUT2D eigenvalue weighted by Crippen LogP contribution is -2.27. The molecular weight excluding hydrogens is 344 g/mol. The van der Waals surface area contributed by atoms with Gasteiger partial charge < -0.3 is 5.32 Å². The Morgan fingerprint density at radius 2 is 1.25 bits per heavy atom. The first-order valence-electron chi connectivity index (χ1n) is 9.79. The number of aryl methyl sites for hydroxylation is 1. The van der Waals surface area contributed by atoms with Gasteiger partial charge in [0.2, 0.25) is 5.91 Å². The highest BCUT2D eigenvalue weighted by atomic mass is 16.1. The minimum Gasteiger partial charge on any atom is -0.354 e. The Hall–Kier alpha value is -3.20. The first-order chi connectivity index (χ1) is 13.8. The van der Waals surface area contributed by atoms with Gasteiger partial charge in [0.15, 0.2) is 0 Å². The Kier molecular flexibility index (Phi) is 7.56. The summed E-state index contributed by atoms with van der Waals surface area (Å²) < 4.78 is 0. The smallest absolute Gasteiger partial charge is 0.241 e. The quantitative estimate of drug-likeness (QED) is 0.432. The molecular formula is C25H26N2O. The molecule has 3 aromatic carbocycles. The lowest BCUT2D eigenvalue weighted by molar-refractivity contribution is -0.119. The molecule has 0 spiro atoms. The minimum absolute atomic E-state index is 0.0379. The summed E-state index contributed by atoms with van der Waals surface area (Å²) in [4.78, 5) is 16.8. The third kappa shape index (κ3) is 6.20. The summed E-state index contributed by atoms with van der Waals surface area (Å²) in [5.41, 5.74) is 4.22. The first-order valence-corrected chi connectivity index (χ1v) is 9.79. The van der Waals surface area contributed by atoms with E-state index in [4.69, 9.17) is 0 Å². The van der Waals surface area contributed by atoms with E-state index in [-0.39, 0.29) is 12.5 Å². The van der Waals surface area contributed by atoms with Crippen molar-refractivity contribution in [3.8, 4) is 0 Å². The first kappa shape index (κ1) is 19.6. The Balaban J connectivity index is 1.50. The summed E-state index contributed by atoms with van der Waals surface area (Å²) >= 11 is 0. The average molecular weight is 370 g/mol. The van der Waals surface area contributed by atoms with Crippen LogP contribution in [0.25, 0.3) is 0 Å². The van der Waals surface area contributed by atoms with Crippen LogP contribution in [-0.2, 0) is 11.2 Å². The molecule has 0 radical (unpaired) electrons. The normalized spacial score (nSPS) is 10.3. The standard InChI is InChI=1S/C25H26N2O/c28-24(26-19-11-10-14-21-12-4-1-5-13-21)20-27-25(22-15-6-2-7-16-22)23-17-8-3-9-18-23/h1-9,12-13,15-18H,10-11,14,19-20H2,(H,26,28). The van der Waals surface area contributed by atoms with Gasteiger partial charge >= 0.3 is 0 Å². The summed E-state index contributed by atoms with van der Waals surface area (Å²) in [5, 5.41) is 2.98. The molecule has 0 bridgehead atoms. The van der Waals surface area contributed by atoms with Crippen LogP contribution in [-0.4, -0.2) is 24.7 Å². The molecule has 28 heavy (non-hydrogen) atoms. The molecule has 3 heteroatoms. The molecule has 0 aliphatic carbocycles. The number of carbonyl (C=O) groups excluding carboxylic acids is 1. The van der Waals surface area contributed by atoms with Gasteiger partial charge in [-0.25, -0.2) is 0 Å². The van der Waals surface area contributed by atoms with Crippen LogP contribution in [0.5, 0.6) is 0 Å². The van der Waals surface area contributed by atoms with Crippen LogP contribution in [0.15, 0.2) is 96.0 Å². The van der Waals surface area contributed by atoms with Crippen molar-refractivity contribution in [2.24, 2.45) is 4.99 Å². The molecule has 0 heterocycles. The number of nitrogens with one attached hydrogen (secondary N) is 1. The van der Waals surface area contributed by atoms with Crippen molar-refractivity contribution in [2.75, 3.05) is 13.1 Å². The zero-order valence-electron chi connectivity index (χ0n) is 16.1. The van der Waals surface area contributed by atoms with Crippen LogP contribution >= 0.6 is 0 Å². The number of aliphatic imine (C=N–C) groups is 1. The van der Waals surface area contributed by atoms with Crippen molar-refractivity contribution < 1.29 is 4.79 Å². The number of amides is 1. The molecule has 0 aliphatic heterocycles. The summed E-state index contributed by atoms with van der Waals surface area (Å²) in [6.07, 6.45) is 3.07. The van der Waals surface area contributed by atoms with E-state index in [1.165, 1.54) is 5.56 Å². The van der Waals surface area contributed by atoms with Gasteiger partial charge in [0, 0.05) is 17.7 Å². The van der Waals surface area contributed by atoms with Gasteiger partial charge in [-0.2, -0.15) is 0 Å². The largest absolute Gasteiger partial charge is 0.354 e. The van der Waals surface area contributed by atoms with Crippen LogP contribution in [0.1, 0.15) is 29.5 Å². The molecule has 0 aliphatic rings. The number of carbonyl (C=O) groups is 1. The maximum atomic E-state index is 12.2. The van der Waals surface area contributed by atoms with Crippen LogP contribution in [0.2, 0.25) is 0 Å². The van der Waals surface area contributed by atoms with E-state index in [1.54, 1.807) is 0 Å². The fourth-order valence-corrected chi connectivity index (χ4v) is 3.07. The SMILES string of the molecule is O=C(CN=C(c1ccccc1)c1ccccc1)NCCCCc1ccccc1. The number of unbranched alkanes of at least 4 members (excludes halogenated alkanes) is 1. The zero-order valence-corrected chi connectivity index (χ0v) is 16.1. The summed E-state index contributed by atoms with van der Waals surface area (Å²) in [6.45, 7) is 0.824. The Morgan fingerprint density at radius 1 is 0.714 bits per heavy atom. The van der Waals surface area contributed by atoms with Gasteiger partial charge in [-0.1, -0.05) is 91.0 Å². The van der Waals surface area contributed by atoms with Crippen molar-refractivity contribution in [1.29, 1.82) is 0 Å². The van der Waals surface area contributed by atoms with Gasteiger partial charge in [-0.3, -0.25) is 9.79 Å². The average Bonchev–Trinajstić information content (AvgIpc) is 2.76. The van der Waals surface area contributed by atoms with E-state index in [2.05, 4.69) is 34.6 Å². The van der Waals surface area contributed by atoms with Crippen molar-refractivity contribution in [1.82, 2.24) is 5.32 Å². The van der Waals surface area contributed by atoms with Gasteiger partial charge in [0.1, 0.15) is 6.54 Å². The lowest BCUT2D eigenvalue weighted by Gasteiger charge is -2.08. The highest BCUT2D eigenvalue weighted by Crippen LogP contribution is 2.11. The molecule has 0 fully saturated rings. The number of benzene rings is 3. The van der Waals surface area contributed by atoms with Crippen LogP contribution in [0.3, 0.4) is 0 Å². The molecule has 0 unspecified atom stereocenters. The third-order valence-electron chi connectivity index (χ3n) is 4.53. The predicted octanol–water partition coefficient (Wildman–Crippen LogP) is 4.66. The van der Waals surface area contributed by atoms with E-state index in [9.17, 15) is 4.79 Å². The van der Waals surface area contributed by atoms with Crippen LogP contribution < -0.4 is 5.32 Å². The Bertz CT molecular complexity index is 833. The van der Waals surface area contributed by atoms with E-state index in [0.29, 0.717) is 6.54 Å². The summed E-state index contributed by atoms with van der Waals surface area (Å²) in [7, 11) is 0. The van der Waals surface area contributed by atoms with E-state index in [1.807, 2.05) is 66.7 Å². The fraction of sp³-hybridized carbons (Fsp3) is 0.200. The molecule has 3 rings (SSSR count). The molecule has 0 aromatic heterocycles. The van der Waals surface area contributed by atoms with Crippen molar-refractivity contribution >= 4 is 11.6 Å². The van der Waals surface area contributed by atoms with E-state index in [0.717, 1.165) is 36.1 Å².